The Morgan fingerprint density at radius 3 is 2.24 bits per heavy atom. The topological polar surface area (TPSA) is 138 Å². The summed E-state index contributed by atoms with van der Waals surface area (Å²) in [5.74, 6) is 0.689. The lowest BCUT2D eigenvalue weighted by molar-refractivity contribution is -0.115. The van der Waals surface area contributed by atoms with Crippen molar-refractivity contribution in [2.24, 2.45) is 0 Å². The number of carbonyl (C=O) groups is 1. The Morgan fingerprint density at radius 1 is 0.952 bits per heavy atom. The van der Waals surface area contributed by atoms with Crippen molar-refractivity contribution in [3.63, 3.8) is 0 Å². The highest BCUT2D eigenvalue weighted by molar-refractivity contribution is 7.99. The van der Waals surface area contributed by atoms with Crippen LogP contribution in [0, 0.1) is 18.3 Å². The predicted octanol–water partition coefficient (Wildman–Crippen LogP) is 6.51. The van der Waals surface area contributed by atoms with Gasteiger partial charge >= 0.3 is 0 Å². The Labute approximate surface area is 247 Å². The third kappa shape index (κ3) is 6.86. The molecular formula is C31H25N5O4S2. The van der Waals surface area contributed by atoms with E-state index in [1.54, 1.807) is 6.92 Å². The number of thioether (sulfide) groups is 1. The van der Waals surface area contributed by atoms with Gasteiger partial charge in [-0.3, -0.25) is 9.52 Å². The number of amides is 1. The summed E-state index contributed by atoms with van der Waals surface area (Å²) < 4.78 is 32.4. The van der Waals surface area contributed by atoms with Crippen LogP contribution in [0.1, 0.15) is 17.7 Å². The Balaban J connectivity index is 1.26. The van der Waals surface area contributed by atoms with Crippen molar-refractivity contribution in [1.29, 1.82) is 5.26 Å². The smallest absolute Gasteiger partial charge is 0.263 e. The van der Waals surface area contributed by atoms with Crippen LogP contribution in [0.2, 0.25) is 0 Å². The average molecular weight is 596 g/mol. The molecule has 42 heavy (non-hydrogen) atoms. The largest absolute Gasteiger partial charge is 0.360 e. The summed E-state index contributed by atoms with van der Waals surface area (Å²) in [5, 5.41) is 17.0. The molecule has 5 aromatic rings. The lowest BCUT2D eigenvalue weighted by Gasteiger charge is -2.13. The van der Waals surface area contributed by atoms with E-state index in [1.807, 2.05) is 66.7 Å². The molecule has 0 atom stereocenters. The highest BCUT2D eigenvalue weighted by atomic mass is 32.2. The molecule has 0 aliphatic rings. The molecule has 11 heteroatoms. The van der Waals surface area contributed by atoms with E-state index in [0.717, 1.165) is 22.4 Å². The molecule has 0 fully saturated rings. The van der Waals surface area contributed by atoms with Crippen molar-refractivity contribution in [3.05, 3.63) is 108 Å². The van der Waals surface area contributed by atoms with Gasteiger partial charge in [-0.2, -0.15) is 5.26 Å². The van der Waals surface area contributed by atoms with Crippen LogP contribution in [0.25, 0.3) is 22.4 Å². The van der Waals surface area contributed by atoms with Crippen LogP contribution in [0.4, 0.5) is 11.5 Å². The summed E-state index contributed by atoms with van der Waals surface area (Å²) >= 11 is 1.34. The lowest BCUT2D eigenvalue weighted by atomic mass is 9.99. The van der Waals surface area contributed by atoms with Crippen LogP contribution in [0.5, 0.6) is 0 Å². The second-order valence-electron chi connectivity index (χ2n) is 9.18. The molecule has 0 saturated heterocycles. The minimum Gasteiger partial charge on any atom is -0.360 e. The number of hydrogen-bond donors (Lipinski definition) is 2. The standard InChI is InChI=1S/C31H25N5O4S2/c1-21-18-29(35-40-21)36-42(38,39)25-14-12-24(13-15-25)33-30(37)16-17-41-31-27(20-32)26(22-8-4-2-5-9-22)19-28(34-31)23-10-6-3-7-11-23/h2-15,18-19H,16-17H2,1H3,(H,33,37)(H,35,36). The Kier molecular flexibility index (Phi) is 8.66. The summed E-state index contributed by atoms with van der Waals surface area (Å²) in [6.45, 7) is 1.66. The van der Waals surface area contributed by atoms with Gasteiger partial charge in [0.2, 0.25) is 5.91 Å². The van der Waals surface area contributed by atoms with Gasteiger partial charge in [-0.25, -0.2) is 13.4 Å². The Hall–Kier alpha value is -4.92. The zero-order valence-corrected chi connectivity index (χ0v) is 24.1. The van der Waals surface area contributed by atoms with E-state index in [4.69, 9.17) is 9.51 Å². The second-order valence-corrected chi connectivity index (χ2v) is 11.9. The summed E-state index contributed by atoms with van der Waals surface area (Å²) in [7, 11) is -3.87. The first-order chi connectivity index (χ1) is 20.3. The van der Waals surface area contributed by atoms with Gasteiger partial charge in [0.1, 0.15) is 16.9 Å². The van der Waals surface area contributed by atoms with Gasteiger partial charge in [0.15, 0.2) is 5.82 Å². The van der Waals surface area contributed by atoms with Crippen LogP contribution in [0.15, 0.2) is 112 Å². The minimum absolute atomic E-state index is 0.0133. The SMILES string of the molecule is Cc1cc(NS(=O)(=O)c2ccc(NC(=O)CCSc3nc(-c4ccccc4)cc(-c4ccccc4)c3C#N)cc2)no1. The number of rotatable bonds is 10. The van der Waals surface area contributed by atoms with E-state index in [9.17, 15) is 18.5 Å². The van der Waals surface area contributed by atoms with E-state index >= 15 is 0 Å². The fourth-order valence-corrected chi connectivity index (χ4v) is 6.06. The van der Waals surface area contributed by atoms with Crippen LogP contribution >= 0.6 is 11.8 Å². The normalized spacial score (nSPS) is 11.0. The van der Waals surface area contributed by atoms with Gasteiger partial charge in [0.25, 0.3) is 10.0 Å². The van der Waals surface area contributed by atoms with Gasteiger partial charge in [0.05, 0.1) is 16.2 Å². The molecule has 0 spiro atoms. The second kappa shape index (κ2) is 12.7. The number of sulfonamides is 1. The predicted molar refractivity (Wildman–Crippen MR) is 162 cm³/mol. The number of pyridine rings is 1. The maximum atomic E-state index is 12.7. The number of aromatic nitrogens is 2. The number of aryl methyl sites for hydroxylation is 1. The Morgan fingerprint density at radius 2 is 1.62 bits per heavy atom. The van der Waals surface area contributed by atoms with Crippen LogP contribution in [0.3, 0.4) is 0 Å². The van der Waals surface area contributed by atoms with Crippen molar-refractivity contribution >= 4 is 39.2 Å². The number of benzene rings is 3. The van der Waals surface area contributed by atoms with Gasteiger partial charge in [0, 0.05) is 35.1 Å². The number of carbonyl (C=O) groups excluding carboxylic acids is 1. The van der Waals surface area contributed by atoms with Crippen molar-refractivity contribution < 1.29 is 17.7 Å². The summed E-state index contributed by atoms with van der Waals surface area (Å²) in [6.07, 6.45) is 0.153. The van der Waals surface area contributed by atoms with Gasteiger partial charge in [-0.05, 0) is 42.8 Å². The summed E-state index contributed by atoms with van der Waals surface area (Å²) in [4.78, 5) is 17.5. The average Bonchev–Trinajstić information content (AvgIpc) is 3.41. The molecule has 5 rings (SSSR count). The van der Waals surface area contributed by atoms with Crippen LogP contribution < -0.4 is 10.0 Å². The minimum atomic E-state index is -3.87. The molecule has 0 unspecified atom stereocenters. The molecular weight excluding hydrogens is 571 g/mol. The first kappa shape index (κ1) is 28.6. The highest BCUT2D eigenvalue weighted by Gasteiger charge is 2.18. The lowest BCUT2D eigenvalue weighted by Crippen LogP contribution is -2.14. The first-order valence-electron chi connectivity index (χ1n) is 12.9. The molecule has 2 N–H and O–H groups in total. The quantitative estimate of drug-likeness (QED) is 0.174. The van der Waals surface area contributed by atoms with Gasteiger partial charge < -0.3 is 9.84 Å². The number of nitrogens with zero attached hydrogens (tertiary/aromatic N) is 3. The molecule has 0 bridgehead atoms. The van der Waals surface area contributed by atoms with Crippen molar-refractivity contribution in [2.75, 3.05) is 15.8 Å². The molecule has 3 aromatic carbocycles. The van der Waals surface area contributed by atoms with E-state index in [1.165, 1.54) is 42.1 Å². The van der Waals surface area contributed by atoms with E-state index in [2.05, 4.69) is 21.3 Å². The number of hydrogen-bond acceptors (Lipinski definition) is 8. The fraction of sp³-hybridized carbons (Fsp3) is 0.0968. The fourth-order valence-electron chi connectivity index (χ4n) is 4.13. The van der Waals surface area contributed by atoms with E-state index < -0.39 is 10.0 Å². The van der Waals surface area contributed by atoms with Crippen molar-refractivity contribution in [1.82, 2.24) is 10.1 Å². The zero-order valence-electron chi connectivity index (χ0n) is 22.4. The highest BCUT2D eigenvalue weighted by Crippen LogP contribution is 2.34. The molecule has 2 aromatic heterocycles. The molecule has 0 radical (unpaired) electrons. The molecule has 0 saturated carbocycles. The maximum absolute atomic E-state index is 12.7. The van der Waals surface area contributed by atoms with Crippen LogP contribution in [-0.4, -0.2) is 30.2 Å². The Bertz CT molecular complexity index is 1850. The van der Waals surface area contributed by atoms with Gasteiger partial charge in [-0.1, -0.05) is 65.8 Å². The number of nitriles is 1. The first-order valence-corrected chi connectivity index (χ1v) is 15.3. The zero-order chi connectivity index (χ0) is 29.5. The molecule has 0 aliphatic carbocycles. The molecule has 0 aliphatic heterocycles. The van der Waals surface area contributed by atoms with Crippen molar-refractivity contribution in [3.8, 4) is 28.5 Å². The van der Waals surface area contributed by atoms with E-state index in [-0.39, 0.29) is 23.0 Å². The number of nitrogens with one attached hydrogen (secondary N) is 2. The molecule has 1 amide bonds. The van der Waals surface area contributed by atoms with E-state index in [0.29, 0.717) is 27.8 Å². The number of anilines is 2. The molecule has 9 nitrogen and oxygen atoms in total. The maximum Gasteiger partial charge on any atom is 0.263 e. The third-order valence-electron chi connectivity index (χ3n) is 6.14. The molecule has 210 valence electrons. The monoisotopic (exact) mass is 595 g/mol. The van der Waals surface area contributed by atoms with Crippen LogP contribution in [-0.2, 0) is 14.8 Å². The van der Waals surface area contributed by atoms with Gasteiger partial charge in [-0.15, -0.1) is 11.8 Å². The summed E-state index contributed by atoms with van der Waals surface area (Å²) in [6, 6.07) is 30.9. The van der Waals surface area contributed by atoms with Crippen molar-refractivity contribution in [2.45, 2.75) is 23.3 Å². The third-order valence-corrected chi connectivity index (χ3v) is 8.48. The molecule has 2 heterocycles. The summed E-state index contributed by atoms with van der Waals surface area (Å²) in [5.41, 5.74) is 4.26.